The fourth-order valence-electron chi connectivity index (χ4n) is 3.41. The lowest BCUT2D eigenvalue weighted by atomic mass is 9.91. The van der Waals surface area contributed by atoms with Gasteiger partial charge in [0.25, 0.3) is 5.56 Å². The molecule has 6 nitrogen and oxygen atoms in total. The Balaban J connectivity index is 1.66. The van der Waals surface area contributed by atoms with Gasteiger partial charge < -0.3 is 4.98 Å². The third-order valence-corrected chi connectivity index (χ3v) is 4.81. The van der Waals surface area contributed by atoms with E-state index in [0.717, 1.165) is 11.6 Å². The van der Waals surface area contributed by atoms with Crippen molar-refractivity contribution in [2.45, 2.75) is 32.6 Å². The normalized spacial score (nSPS) is 11.9. The van der Waals surface area contributed by atoms with Gasteiger partial charge in [0.15, 0.2) is 5.65 Å². The summed E-state index contributed by atoms with van der Waals surface area (Å²) in [6, 6.07) is 6.75. The first kappa shape index (κ1) is 19.9. The minimum absolute atomic E-state index is 0.229. The molecule has 0 amide bonds. The van der Waals surface area contributed by atoms with Crippen molar-refractivity contribution in [2.24, 2.45) is 7.05 Å². The summed E-state index contributed by atoms with van der Waals surface area (Å²) >= 11 is 0. The minimum Gasteiger partial charge on any atom is -0.310 e. The number of hydrogen-bond acceptors (Lipinski definition) is 4. The highest BCUT2D eigenvalue weighted by Crippen LogP contribution is 2.26. The monoisotopic (exact) mass is 409 g/mol. The summed E-state index contributed by atoms with van der Waals surface area (Å²) < 4.78 is 28.5. The van der Waals surface area contributed by atoms with Crippen molar-refractivity contribution in [2.75, 3.05) is 0 Å². The van der Waals surface area contributed by atoms with E-state index >= 15 is 0 Å². The van der Waals surface area contributed by atoms with Crippen LogP contribution in [0.25, 0.3) is 22.3 Å². The number of benzene rings is 1. The maximum atomic E-state index is 13.4. The van der Waals surface area contributed by atoms with Gasteiger partial charge in [0.1, 0.15) is 22.8 Å². The Morgan fingerprint density at radius 3 is 2.40 bits per heavy atom. The number of H-pyrrole nitrogens is 1. The summed E-state index contributed by atoms with van der Waals surface area (Å²) in [6.45, 7) is 6.00. The molecule has 0 aliphatic heterocycles. The molecule has 0 saturated carbocycles. The van der Waals surface area contributed by atoms with E-state index in [4.69, 9.17) is 0 Å². The molecular formula is C22H21F2N5O. The number of aromatic amines is 1. The van der Waals surface area contributed by atoms with Crippen LogP contribution in [0.2, 0.25) is 0 Å². The van der Waals surface area contributed by atoms with Gasteiger partial charge in [-0.05, 0) is 23.8 Å². The quantitative estimate of drug-likeness (QED) is 0.557. The van der Waals surface area contributed by atoms with Crippen LogP contribution in [0.4, 0.5) is 8.78 Å². The number of fused-ring (bicyclic) bond motifs is 1. The van der Waals surface area contributed by atoms with Crippen LogP contribution in [0.5, 0.6) is 0 Å². The van der Waals surface area contributed by atoms with Crippen molar-refractivity contribution in [3.8, 4) is 11.3 Å². The van der Waals surface area contributed by atoms with Gasteiger partial charge in [0.05, 0.1) is 11.4 Å². The van der Waals surface area contributed by atoms with Gasteiger partial charge in [-0.15, -0.1) is 0 Å². The molecule has 0 aliphatic rings. The number of hydrogen-bond donors (Lipinski definition) is 1. The second kappa shape index (κ2) is 7.12. The van der Waals surface area contributed by atoms with Crippen molar-refractivity contribution in [1.29, 1.82) is 0 Å². The first-order valence-corrected chi connectivity index (χ1v) is 9.49. The average molecular weight is 409 g/mol. The molecule has 1 aromatic carbocycles. The van der Waals surface area contributed by atoms with Crippen LogP contribution in [-0.2, 0) is 18.9 Å². The van der Waals surface area contributed by atoms with Gasteiger partial charge in [-0.1, -0.05) is 26.8 Å². The molecule has 0 bridgehead atoms. The van der Waals surface area contributed by atoms with Crippen LogP contribution in [0, 0.1) is 11.6 Å². The molecular weight excluding hydrogens is 388 g/mol. The van der Waals surface area contributed by atoms with Crippen LogP contribution >= 0.6 is 0 Å². The maximum Gasteiger partial charge on any atom is 0.262 e. The SMILES string of the molecule is Cn1nc(C(C)(C)C)c2c(=O)[nH]c(Cc3ccc(-c4cc(F)cc(F)c4)nc3)nc21. The fourth-order valence-corrected chi connectivity index (χ4v) is 3.41. The minimum atomic E-state index is -0.656. The standard InChI is InChI=1S/C22H21F2N5O/c1-22(2,3)19-18-20(29(4)28-19)26-17(27-21(18)30)7-12-5-6-16(25-11-12)13-8-14(23)10-15(24)9-13/h5-6,8-11H,7H2,1-4H3,(H,26,27,30). The number of nitrogens with zero attached hydrogens (tertiary/aromatic N) is 4. The smallest absolute Gasteiger partial charge is 0.262 e. The molecule has 3 aromatic heterocycles. The van der Waals surface area contributed by atoms with Crippen LogP contribution in [-0.4, -0.2) is 24.7 Å². The Morgan fingerprint density at radius 1 is 1.10 bits per heavy atom. The Hall–Kier alpha value is -3.42. The fraction of sp³-hybridized carbons (Fsp3) is 0.273. The second-order valence-corrected chi connectivity index (χ2v) is 8.32. The molecule has 0 aliphatic carbocycles. The molecule has 0 radical (unpaired) electrons. The molecule has 4 aromatic rings. The lowest BCUT2D eigenvalue weighted by Gasteiger charge is -2.14. The predicted octanol–water partition coefficient (Wildman–Crippen LogP) is 3.89. The van der Waals surface area contributed by atoms with Crippen LogP contribution in [0.1, 0.15) is 37.9 Å². The predicted molar refractivity (Wildman–Crippen MR) is 110 cm³/mol. The number of halogens is 2. The first-order valence-electron chi connectivity index (χ1n) is 9.49. The van der Waals surface area contributed by atoms with E-state index in [9.17, 15) is 13.6 Å². The van der Waals surface area contributed by atoms with Gasteiger partial charge in [-0.25, -0.2) is 18.4 Å². The molecule has 30 heavy (non-hydrogen) atoms. The highest BCUT2D eigenvalue weighted by molar-refractivity contribution is 5.78. The maximum absolute atomic E-state index is 13.4. The molecule has 0 spiro atoms. The lowest BCUT2D eigenvalue weighted by molar-refractivity contribution is 0.557. The van der Waals surface area contributed by atoms with Crippen molar-refractivity contribution in [1.82, 2.24) is 24.7 Å². The van der Waals surface area contributed by atoms with Gasteiger partial charge in [-0.2, -0.15) is 5.10 Å². The molecule has 0 atom stereocenters. The summed E-state index contributed by atoms with van der Waals surface area (Å²) in [7, 11) is 1.77. The molecule has 154 valence electrons. The van der Waals surface area contributed by atoms with Crippen LogP contribution < -0.4 is 5.56 Å². The van der Waals surface area contributed by atoms with Crippen LogP contribution in [0.3, 0.4) is 0 Å². The van der Waals surface area contributed by atoms with Crippen molar-refractivity contribution >= 4 is 11.0 Å². The summed E-state index contributed by atoms with van der Waals surface area (Å²) in [6.07, 6.45) is 1.96. The molecule has 0 unspecified atom stereocenters. The number of aromatic nitrogens is 5. The molecule has 0 saturated heterocycles. The highest BCUT2D eigenvalue weighted by atomic mass is 19.1. The Kier molecular flexibility index (Phi) is 4.72. The topological polar surface area (TPSA) is 76.5 Å². The van der Waals surface area contributed by atoms with E-state index in [1.165, 1.54) is 12.1 Å². The number of pyridine rings is 1. The van der Waals surface area contributed by atoms with Crippen molar-refractivity contribution < 1.29 is 8.78 Å². The third kappa shape index (κ3) is 3.72. The summed E-state index contributed by atoms with van der Waals surface area (Å²) in [5.74, 6) is -0.823. The van der Waals surface area contributed by atoms with E-state index < -0.39 is 11.6 Å². The zero-order valence-corrected chi connectivity index (χ0v) is 17.1. The van der Waals surface area contributed by atoms with Gasteiger partial charge in [-0.3, -0.25) is 9.78 Å². The number of rotatable bonds is 3. The highest BCUT2D eigenvalue weighted by Gasteiger charge is 2.25. The van der Waals surface area contributed by atoms with E-state index in [1.807, 2.05) is 20.8 Å². The van der Waals surface area contributed by atoms with Crippen molar-refractivity contribution in [3.63, 3.8) is 0 Å². The van der Waals surface area contributed by atoms with E-state index in [-0.39, 0.29) is 11.0 Å². The number of aryl methyl sites for hydroxylation is 1. The second-order valence-electron chi connectivity index (χ2n) is 8.32. The zero-order chi connectivity index (χ0) is 21.6. The molecule has 4 rings (SSSR count). The summed E-state index contributed by atoms with van der Waals surface area (Å²) in [5.41, 5.74) is 2.33. The summed E-state index contributed by atoms with van der Waals surface area (Å²) in [5, 5.41) is 4.99. The lowest BCUT2D eigenvalue weighted by Crippen LogP contribution is -2.18. The molecule has 1 N–H and O–H groups in total. The van der Waals surface area contributed by atoms with Gasteiger partial charge >= 0.3 is 0 Å². The van der Waals surface area contributed by atoms with E-state index in [0.29, 0.717) is 40.2 Å². The zero-order valence-electron chi connectivity index (χ0n) is 17.1. The molecule has 8 heteroatoms. The van der Waals surface area contributed by atoms with Gasteiger partial charge in [0, 0.05) is 36.7 Å². The Bertz CT molecular complexity index is 1280. The largest absolute Gasteiger partial charge is 0.310 e. The van der Waals surface area contributed by atoms with E-state index in [1.54, 1.807) is 30.1 Å². The Labute approximate surface area is 171 Å². The number of nitrogens with one attached hydrogen (secondary N) is 1. The van der Waals surface area contributed by atoms with Gasteiger partial charge in [0.2, 0.25) is 0 Å². The van der Waals surface area contributed by atoms with Crippen LogP contribution in [0.15, 0.2) is 41.3 Å². The van der Waals surface area contributed by atoms with E-state index in [2.05, 4.69) is 20.1 Å². The molecule has 3 heterocycles. The third-order valence-electron chi connectivity index (χ3n) is 4.81. The average Bonchev–Trinajstić information content (AvgIpc) is 2.99. The first-order chi connectivity index (χ1) is 14.1. The van der Waals surface area contributed by atoms with Crippen molar-refractivity contribution in [3.05, 3.63) is 75.6 Å². The Morgan fingerprint density at radius 2 is 1.80 bits per heavy atom. The molecule has 0 fully saturated rings. The summed E-state index contributed by atoms with van der Waals surface area (Å²) in [4.78, 5) is 24.5.